The summed E-state index contributed by atoms with van der Waals surface area (Å²) < 4.78 is 5.32. The molecule has 1 fully saturated rings. The van der Waals surface area contributed by atoms with Crippen LogP contribution in [0, 0.1) is 0 Å². The van der Waals surface area contributed by atoms with E-state index in [-0.39, 0.29) is 17.9 Å². The number of hydrogen-bond acceptors (Lipinski definition) is 6. The van der Waals surface area contributed by atoms with Crippen molar-refractivity contribution in [2.45, 2.75) is 39.7 Å². The quantitative estimate of drug-likeness (QED) is 0.780. The largest absolute Gasteiger partial charge is 0.463 e. The van der Waals surface area contributed by atoms with Crippen molar-refractivity contribution in [2.75, 3.05) is 24.2 Å². The topological polar surface area (TPSA) is 71.0 Å². The van der Waals surface area contributed by atoms with Crippen LogP contribution >= 0.6 is 11.8 Å². The standard InChI is InChI=1S/C20H25N3O3S/c1-4-16(24)22-15-9-7-14(8-10-15)18-17(19(25)26-5-2)13(3)21-20-23(18)11-6-12-27-20/h7-10,18H,4-6,11-12H2,1-3H3,(H,22,24)/t18-/m0/s1. The van der Waals surface area contributed by atoms with Crippen molar-refractivity contribution in [3.05, 3.63) is 41.1 Å². The minimum absolute atomic E-state index is 0.0229. The molecule has 1 atom stereocenters. The number of benzene rings is 1. The lowest BCUT2D eigenvalue weighted by atomic mass is 9.94. The Kier molecular flexibility index (Phi) is 6.21. The van der Waals surface area contributed by atoms with E-state index in [2.05, 4.69) is 15.2 Å². The summed E-state index contributed by atoms with van der Waals surface area (Å²) in [4.78, 5) is 31.1. The van der Waals surface area contributed by atoms with Crippen LogP contribution in [0.2, 0.25) is 0 Å². The van der Waals surface area contributed by atoms with E-state index in [1.54, 1.807) is 11.8 Å². The first-order valence-corrected chi connectivity index (χ1v) is 10.3. The Balaban J connectivity index is 1.97. The number of thioether (sulfide) groups is 1. The van der Waals surface area contributed by atoms with Gasteiger partial charge in [-0.05, 0) is 38.0 Å². The van der Waals surface area contributed by atoms with Gasteiger partial charge in [-0.15, -0.1) is 0 Å². The van der Waals surface area contributed by atoms with Crippen molar-refractivity contribution in [2.24, 2.45) is 4.99 Å². The van der Waals surface area contributed by atoms with Gasteiger partial charge in [-0.25, -0.2) is 9.79 Å². The first-order valence-electron chi connectivity index (χ1n) is 9.31. The van der Waals surface area contributed by atoms with Gasteiger partial charge in [-0.2, -0.15) is 0 Å². The Bertz CT molecular complexity index is 786. The Morgan fingerprint density at radius 3 is 2.70 bits per heavy atom. The van der Waals surface area contributed by atoms with E-state index in [1.807, 2.05) is 45.0 Å². The van der Waals surface area contributed by atoms with Crippen LogP contribution in [-0.2, 0) is 14.3 Å². The van der Waals surface area contributed by atoms with Crippen LogP contribution < -0.4 is 5.32 Å². The van der Waals surface area contributed by atoms with Crippen LogP contribution in [0.15, 0.2) is 40.5 Å². The number of anilines is 1. The molecule has 3 rings (SSSR count). The number of amidine groups is 1. The van der Waals surface area contributed by atoms with E-state index in [4.69, 9.17) is 4.74 Å². The van der Waals surface area contributed by atoms with Gasteiger partial charge in [-0.1, -0.05) is 30.8 Å². The highest BCUT2D eigenvalue weighted by Gasteiger charge is 2.37. The molecule has 1 aromatic rings. The molecule has 0 unspecified atom stereocenters. The fourth-order valence-corrected chi connectivity index (χ4v) is 4.30. The number of esters is 1. The zero-order valence-electron chi connectivity index (χ0n) is 15.9. The highest BCUT2D eigenvalue weighted by molar-refractivity contribution is 8.13. The van der Waals surface area contributed by atoms with Gasteiger partial charge < -0.3 is 15.0 Å². The molecule has 0 bridgehead atoms. The average molecular weight is 388 g/mol. The summed E-state index contributed by atoms with van der Waals surface area (Å²) in [7, 11) is 0. The molecular weight excluding hydrogens is 362 g/mol. The second kappa shape index (κ2) is 8.61. The normalized spacial score (nSPS) is 19.3. The molecule has 1 amide bonds. The SMILES string of the molecule is CCOC(=O)C1=C(C)N=C2SCCCN2[C@H]1c1ccc(NC(=O)CC)cc1. The fourth-order valence-electron chi connectivity index (χ4n) is 3.28. The summed E-state index contributed by atoms with van der Waals surface area (Å²) in [5, 5.41) is 3.82. The number of carbonyl (C=O) groups is 2. The van der Waals surface area contributed by atoms with Gasteiger partial charge in [0.1, 0.15) is 0 Å². The molecule has 0 aromatic heterocycles. The number of rotatable bonds is 5. The van der Waals surface area contributed by atoms with Gasteiger partial charge in [-0.3, -0.25) is 4.79 Å². The molecule has 2 heterocycles. The molecule has 7 heteroatoms. The summed E-state index contributed by atoms with van der Waals surface area (Å²) in [6, 6.07) is 7.46. The molecule has 6 nitrogen and oxygen atoms in total. The van der Waals surface area contributed by atoms with Gasteiger partial charge in [0, 0.05) is 24.4 Å². The number of aliphatic imine (C=N–C) groups is 1. The van der Waals surface area contributed by atoms with Gasteiger partial charge in [0.2, 0.25) is 5.91 Å². The predicted molar refractivity (Wildman–Crippen MR) is 109 cm³/mol. The van der Waals surface area contributed by atoms with Crippen LogP contribution in [-0.4, -0.2) is 40.8 Å². The van der Waals surface area contributed by atoms with Crippen LogP contribution in [0.5, 0.6) is 0 Å². The third kappa shape index (κ3) is 4.18. The number of nitrogens with one attached hydrogen (secondary N) is 1. The Labute approximate surface area is 164 Å². The first-order chi connectivity index (χ1) is 13.0. The zero-order chi connectivity index (χ0) is 19.4. The minimum Gasteiger partial charge on any atom is -0.463 e. The van der Waals surface area contributed by atoms with Crippen LogP contribution in [0.4, 0.5) is 5.69 Å². The van der Waals surface area contributed by atoms with Crippen molar-refractivity contribution in [1.82, 2.24) is 4.90 Å². The lowest BCUT2D eigenvalue weighted by Gasteiger charge is -2.40. The smallest absolute Gasteiger partial charge is 0.338 e. The van der Waals surface area contributed by atoms with E-state index in [9.17, 15) is 9.59 Å². The maximum Gasteiger partial charge on any atom is 0.338 e. The predicted octanol–water partition coefficient (Wildman–Crippen LogP) is 3.72. The molecule has 0 saturated carbocycles. The summed E-state index contributed by atoms with van der Waals surface area (Å²) in [5.74, 6) is 0.693. The molecule has 144 valence electrons. The highest BCUT2D eigenvalue weighted by atomic mass is 32.2. The molecule has 1 N–H and O–H groups in total. The van der Waals surface area contributed by atoms with Crippen molar-refractivity contribution >= 4 is 34.5 Å². The number of carbonyl (C=O) groups excluding carboxylic acids is 2. The lowest BCUT2D eigenvalue weighted by molar-refractivity contribution is -0.139. The molecule has 0 spiro atoms. The second-order valence-corrected chi connectivity index (χ2v) is 7.50. The van der Waals surface area contributed by atoms with Crippen molar-refractivity contribution in [3.63, 3.8) is 0 Å². The maximum absolute atomic E-state index is 12.7. The number of amides is 1. The third-order valence-corrected chi connectivity index (χ3v) is 5.66. The molecule has 2 aliphatic rings. The summed E-state index contributed by atoms with van der Waals surface area (Å²) in [6.07, 6.45) is 1.48. The second-order valence-electron chi connectivity index (χ2n) is 6.44. The number of fused-ring (bicyclic) bond motifs is 1. The summed E-state index contributed by atoms with van der Waals surface area (Å²) in [6.45, 7) is 6.67. The van der Waals surface area contributed by atoms with Gasteiger partial charge in [0.05, 0.1) is 23.9 Å². The lowest BCUT2D eigenvalue weighted by Crippen LogP contribution is -2.42. The van der Waals surface area contributed by atoms with Crippen molar-refractivity contribution in [3.8, 4) is 0 Å². The Morgan fingerprint density at radius 1 is 1.30 bits per heavy atom. The zero-order valence-corrected chi connectivity index (χ0v) is 16.8. The molecular formula is C20H25N3O3S. The van der Waals surface area contributed by atoms with Gasteiger partial charge >= 0.3 is 5.97 Å². The average Bonchev–Trinajstić information content (AvgIpc) is 2.67. The molecule has 0 aliphatic carbocycles. The molecule has 2 aliphatic heterocycles. The Hall–Kier alpha value is -2.28. The van der Waals surface area contributed by atoms with Crippen LogP contribution in [0.25, 0.3) is 0 Å². The first kappa shape index (κ1) is 19.5. The van der Waals surface area contributed by atoms with E-state index in [0.29, 0.717) is 24.3 Å². The van der Waals surface area contributed by atoms with E-state index >= 15 is 0 Å². The number of hydrogen-bond donors (Lipinski definition) is 1. The molecule has 1 saturated heterocycles. The number of ether oxygens (including phenoxy) is 1. The van der Waals surface area contributed by atoms with E-state index < -0.39 is 0 Å². The Morgan fingerprint density at radius 2 is 2.04 bits per heavy atom. The molecule has 0 radical (unpaired) electrons. The van der Waals surface area contributed by atoms with E-state index in [0.717, 1.165) is 35.1 Å². The van der Waals surface area contributed by atoms with Crippen molar-refractivity contribution in [1.29, 1.82) is 0 Å². The summed E-state index contributed by atoms with van der Waals surface area (Å²) >= 11 is 1.72. The monoisotopic (exact) mass is 387 g/mol. The van der Waals surface area contributed by atoms with Crippen LogP contribution in [0.3, 0.4) is 0 Å². The highest BCUT2D eigenvalue weighted by Crippen LogP contribution is 2.40. The maximum atomic E-state index is 12.7. The fraction of sp³-hybridized carbons (Fsp3) is 0.450. The van der Waals surface area contributed by atoms with E-state index in [1.165, 1.54) is 0 Å². The third-order valence-electron chi connectivity index (χ3n) is 4.59. The number of nitrogens with zero attached hydrogens (tertiary/aromatic N) is 2. The number of allylic oxidation sites excluding steroid dienone is 1. The summed E-state index contributed by atoms with van der Waals surface area (Å²) in [5.41, 5.74) is 3.04. The van der Waals surface area contributed by atoms with Crippen LogP contribution in [0.1, 0.15) is 45.2 Å². The van der Waals surface area contributed by atoms with Gasteiger partial charge in [0.15, 0.2) is 5.17 Å². The molecule has 27 heavy (non-hydrogen) atoms. The molecule has 1 aromatic carbocycles. The minimum atomic E-state index is -0.318. The van der Waals surface area contributed by atoms with Crippen molar-refractivity contribution < 1.29 is 14.3 Å². The van der Waals surface area contributed by atoms with Gasteiger partial charge in [0.25, 0.3) is 0 Å².